The van der Waals surface area contributed by atoms with Gasteiger partial charge in [0.15, 0.2) is 0 Å². The summed E-state index contributed by atoms with van der Waals surface area (Å²) < 4.78 is 131. The Morgan fingerprint density at radius 1 is 0.882 bits per heavy atom. The first-order chi connectivity index (χ1) is 23.4. The molecule has 0 radical (unpaired) electrons. The van der Waals surface area contributed by atoms with Gasteiger partial charge in [0.25, 0.3) is 0 Å². The third-order valence-electron chi connectivity index (χ3n) is 8.41. The number of carbonyl (C=O) groups excluding carboxylic acids is 1. The minimum atomic E-state index is -5.17. The van der Waals surface area contributed by atoms with Crippen molar-refractivity contribution in [2.45, 2.75) is 70.8 Å². The maximum atomic E-state index is 14.1. The number of fused-ring (bicyclic) bond motifs is 1. The summed E-state index contributed by atoms with van der Waals surface area (Å²) in [6, 6.07) is 1.36. The third-order valence-corrected chi connectivity index (χ3v) is 8.41. The maximum Gasteiger partial charge on any atom is 0.416 e. The predicted octanol–water partition coefficient (Wildman–Crippen LogP) is 8.58. The molecular weight excluding hydrogens is 701 g/mol. The van der Waals surface area contributed by atoms with Crippen LogP contribution in [0.2, 0.25) is 0 Å². The number of aliphatic carboxylic acids is 1. The first kappa shape index (κ1) is 39.0. The van der Waals surface area contributed by atoms with Crippen LogP contribution in [0.1, 0.15) is 67.5 Å². The molecule has 9 nitrogen and oxygen atoms in total. The van der Waals surface area contributed by atoms with E-state index in [0.29, 0.717) is 23.9 Å². The molecule has 0 unspecified atom stereocenters. The minimum Gasteiger partial charge on any atom is -0.481 e. The lowest BCUT2D eigenvalue weighted by Crippen LogP contribution is -2.49. The first-order valence-electron chi connectivity index (χ1n) is 15.4. The number of halogens is 9. The highest BCUT2D eigenvalue weighted by Crippen LogP contribution is 2.46. The van der Waals surface area contributed by atoms with Crippen LogP contribution in [0.15, 0.2) is 48.8 Å². The Kier molecular flexibility index (Phi) is 10.8. The molecule has 1 aliphatic heterocycles. The van der Waals surface area contributed by atoms with Crippen LogP contribution in [-0.2, 0) is 34.6 Å². The molecule has 0 spiro atoms. The van der Waals surface area contributed by atoms with Crippen molar-refractivity contribution in [3.05, 3.63) is 76.6 Å². The van der Waals surface area contributed by atoms with Crippen LogP contribution in [-0.4, -0.2) is 53.9 Å². The summed E-state index contributed by atoms with van der Waals surface area (Å²) in [7, 11) is 3.31. The monoisotopic (exact) mass is 735 g/mol. The van der Waals surface area contributed by atoms with E-state index >= 15 is 0 Å². The van der Waals surface area contributed by atoms with Gasteiger partial charge in [-0.1, -0.05) is 6.92 Å². The van der Waals surface area contributed by atoms with Crippen molar-refractivity contribution in [3.8, 4) is 0 Å². The summed E-state index contributed by atoms with van der Waals surface area (Å²) in [5.74, 6) is -1.51. The van der Waals surface area contributed by atoms with Gasteiger partial charge in [0.1, 0.15) is 6.61 Å². The fraction of sp³-hybridized carbons (Fsp3) is 0.455. The third kappa shape index (κ3) is 8.76. The SMILES string of the molecule is CC[C@@H]1C[C@H](N(Cc2cc(C(F)(F)F)cc(C(F)(F)F)c2)c2ncc(N(C)C)cn2)c2cc(C(F)(F)F)ccc2N1C(=O)OCC(C)(C)C(=O)O. The molecule has 3 aromatic rings. The molecule has 0 saturated heterocycles. The van der Waals surface area contributed by atoms with Gasteiger partial charge in [0.05, 0.1) is 51.9 Å². The number of alkyl halides is 9. The van der Waals surface area contributed by atoms with Crippen LogP contribution in [0, 0.1) is 5.41 Å². The fourth-order valence-corrected chi connectivity index (χ4v) is 5.49. The Balaban J connectivity index is 1.94. The molecule has 0 fully saturated rings. The van der Waals surface area contributed by atoms with Crippen molar-refractivity contribution in [1.82, 2.24) is 9.97 Å². The molecule has 0 saturated carbocycles. The van der Waals surface area contributed by atoms with Gasteiger partial charge in [-0.05, 0) is 74.2 Å². The quantitative estimate of drug-likeness (QED) is 0.218. The Bertz CT molecular complexity index is 1710. The van der Waals surface area contributed by atoms with Crippen LogP contribution in [0.3, 0.4) is 0 Å². The van der Waals surface area contributed by atoms with E-state index in [-0.39, 0.29) is 36.1 Å². The zero-order valence-electron chi connectivity index (χ0n) is 27.9. The second-order valence-corrected chi connectivity index (χ2v) is 12.9. The lowest BCUT2D eigenvalue weighted by molar-refractivity contribution is -0.149. The summed E-state index contributed by atoms with van der Waals surface area (Å²) in [5, 5.41) is 9.47. The number of carboxylic acids is 1. The van der Waals surface area contributed by atoms with E-state index in [4.69, 9.17) is 4.74 Å². The number of nitrogens with zero attached hydrogens (tertiary/aromatic N) is 5. The number of carbonyl (C=O) groups is 2. The number of rotatable bonds is 9. The molecule has 2 aromatic carbocycles. The lowest BCUT2D eigenvalue weighted by Gasteiger charge is -2.44. The van der Waals surface area contributed by atoms with Crippen LogP contribution in [0.25, 0.3) is 0 Å². The van der Waals surface area contributed by atoms with Crippen LogP contribution in [0.4, 0.5) is 61.6 Å². The van der Waals surface area contributed by atoms with Gasteiger partial charge in [0, 0.05) is 26.7 Å². The number of benzene rings is 2. The number of anilines is 3. The summed E-state index contributed by atoms with van der Waals surface area (Å²) >= 11 is 0. The van der Waals surface area contributed by atoms with E-state index in [2.05, 4.69) is 9.97 Å². The Morgan fingerprint density at radius 3 is 1.90 bits per heavy atom. The normalized spacial score (nSPS) is 16.8. The molecule has 18 heteroatoms. The van der Waals surface area contributed by atoms with Crippen molar-refractivity contribution in [3.63, 3.8) is 0 Å². The molecule has 1 aliphatic rings. The van der Waals surface area contributed by atoms with E-state index < -0.39 is 83.5 Å². The average Bonchev–Trinajstić information content (AvgIpc) is 3.03. The highest BCUT2D eigenvalue weighted by Gasteiger charge is 2.43. The van der Waals surface area contributed by atoms with E-state index in [1.165, 1.54) is 31.1 Å². The van der Waals surface area contributed by atoms with Gasteiger partial charge >= 0.3 is 30.6 Å². The van der Waals surface area contributed by atoms with Crippen molar-refractivity contribution in [2.24, 2.45) is 5.41 Å². The Hall–Kier alpha value is -4.77. The van der Waals surface area contributed by atoms with Gasteiger partial charge in [-0.15, -0.1) is 0 Å². The van der Waals surface area contributed by atoms with Crippen molar-refractivity contribution in [1.29, 1.82) is 0 Å². The molecule has 2 atom stereocenters. The standard InChI is InChI=1S/C33H34F9N5O4/c1-6-22-13-26(24-12-19(31(34,35)36)7-8-25(24)47(22)29(50)51-17-30(2,3)27(48)49)46(28-43-14-23(15-44-28)45(4)5)16-18-9-20(32(37,38)39)11-21(10-18)33(40,41)42/h7-12,14-15,22,26H,6,13,16-17H2,1-5H3,(H,48,49)/t22-,26+/m1/s1. The van der Waals surface area contributed by atoms with Crippen LogP contribution >= 0.6 is 0 Å². The van der Waals surface area contributed by atoms with Crippen molar-refractivity contribution in [2.75, 3.05) is 35.4 Å². The number of ether oxygens (including phenoxy) is 1. The molecule has 1 amide bonds. The van der Waals surface area contributed by atoms with E-state index in [9.17, 15) is 54.2 Å². The van der Waals surface area contributed by atoms with Gasteiger partial charge in [-0.3, -0.25) is 9.69 Å². The van der Waals surface area contributed by atoms with E-state index in [0.717, 1.165) is 17.0 Å². The predicted molar refractivity (Wildman–Crippen MR) is 167 cm³/mol. The van der Waals surface area contributed by atoms with Gasteiger partial charge in [0.2, 0.25) is 5.95 Å². The minimum absolute atomic E-state index is 0.0377. The summed E-state index contributed by atoms with van der Waals surface area (Å²) in [6.45, 7) is 2.93. The molecule has 0 bridgehead atoms. The molecule has 1 aromatic heterocycles. The van der Waals surface area contributed by atoms with E-state index in [1.807, 2.05) is 0 Å². The highest BCUT2D eigenvalue weighted by molar-refractivity contribution is 5.91. The largest absolute Gasteiger partial charge is 0.481 e. The molecule has 4 rings (SSSR count). The molecular formula is C33H34F9N5O4. The number of hydrogen-bond donors (Lipinski definition) is 1. The molecule has 51 heavy (non-hydrogen) atoms. The number of carboxylic acid groups (broad SMARTS) is 1. The molecule has 1 N–H and O–H groups in total. The van der Waals surface area contributed by atoms with Gasteiger partial charge in [-0.2, -0.15) is 39.5 Å². The summed E-state index contributed by atoms with van der Waals surface area (Å²) in [4.78, 5) is 37.6. The number of amides is 1. The van der Waals surface area contributed by atoms with Gasteiger partial charge in [-0.25, -0.2) is 14.8 Å². The van der Waals surface area contributed by atoms with E-state index in [1.54, 1.807) is 25.9 Å². The first-order valence-corrected chi connectivity index (χ1v) is 15.4. The number of hydrogen-bond acceptors (Lipinski definition) is 7. The average molecular weight is 736 g/mol. The van der Waals surface area contributed by atoms with Crippen molar-refractivity contribution < 1.29 is 58.9 Å². The zero-order chi connectivity index (χ0) is 38.3. The molecule has 278 valence electrons. The van der Waals surface area contributed by atoms with Crippen LogP contribution < -0.4 is 14.7 Å². The maximum absolute atomic E-state index is 14.1. The smallest absolute Gasteiger partial charge is 0.416 e. The molecule has 0 aliphatic carbocycles. The number of aromatic nitrogens is 2. The second kappa shape index (κ2) is 14.1. The topological polar surface area (TPSA) is 99.1 Å². The summed E-state index contributed by atoms with van der Waals surface area (Å²) in [5.41, 5.74) is -6.16. The van der Waals surface area contributed by atoms with Crippen molar-refractivity contribution >= 4 is 29.4 Å². The van der Waals surface area contributed by atoms with Crippen LogP contribution in [0.5, 0.6) is 0 Å². The fourth-order valence-electron chi connectivity index (χ4n) is 5.49. The molecule has 2 heterocycles. The van der Waals surface area contributed by atoms with Gasteiger partial charge < -0.3 is 19.6 Å². The highest BCUT2D eigenvalue weighted by atomic mass is 19.4. The second-order valence-electron chi connectivity index (χ2n) is 12.9. The lowest BCUT2D eigenvalue weighted by atomic mass is 9.87. The summed E-state index contributed by atoms with van der Waals surface area (Å²) in [6.07, 6.45) is -13.7. The zero-order valence-corrected chi connectivity index (χ0v) is 27.9. The Morgan fingerprint density at radius 2 is 1.43 bits per heavy atom. The Labute approximate surface area is 286 Å².